The largest absolute Gasteiger partial charge is 0.368 e. The van der Waals surface area contributed by atoms with Crippen molar-refractivity contribution in [3.63, 3.8) is 0 Å². The van der Waals surface area contributed by atoms with E-state index in [1.54, 1.807) is 18.2 Å². The summed E-state index contributed by atoms with van der Waals surface area (Å²) in [6.45, 7) is 0.615. The monoisotopic (exact) mass is 264 g/mol. The molecule has 1 heterocycles. The van der Waals surface area contributed by atoms with Gasteiger partial charge in [0, 0.05) is 6.61 Å². The number of nitriles is 1. The molecule has 1 aliphatic rings. The first kappa shape index (κ1) is 12.9. The Labute approximate surface area is 111 Å². The van der Waals surface area contributed by atoms with E-state index >= 15 is 0 Å². The molecule has 1 aliphatic heterocycles. The van der Waals surface area contributed by atoms with E-state index in [1.165, 1.54) is 0 Å². The van der Waals surface area contributed by atoms with Crippen molar-refractivity contribution >= 4 is 23.2 Å². The van der Waals surface area contributed by atoms with E-state index in [1.807, 2.05) is 6.07 Å². The summed E-state index contributed by atoms with van der Waals surface area (Å²) >= 11 is 5.97. The van der Waals surface area contributed by atoms with Gasteiger partial charge in [0.2, 0.25) is 0 Å². The number of halogens is 1. The molecular formula is C13H13ClN2O2. The molecule has 0 saturated carbocycles. The molecule has 0 radical (unpaired) electrons. The second kappa shape index (κ2) is 5.85. The SMILES string of the molecule is N#Cc1ccc(Cl)c(NC(=O)C2CCCCO2)c1. The molecule has 0 aliphatic carbocycles. The van der Waals surface area contributed by atoms with Crippen molar-refractivity contribution in [3.05, 3.63) is 28.8 Å². The Balaban J connectivity index is 2.08. The van der Waals surface area contributed by atoms with Gasteiger partial charge in [0.1, 0.15) is 6.10 Å². The molecule has 0 bridgehead atoms. The van der Waals surface area contributed by atoms with Gasteiger partial charge in [0.05, 0.1) is 22.3 Å². The molecule has 5 heteroatoms. The standard InChI is InChI=1S/C13H13ClN2O2/c14-10-5-4-9(8-15)7-11(10)16-13(17)12-3-1-2-6-18-12/h4-5,7,12H,1-3,6H2,(H,16,17). The van der Waals surface area contributed by atoms with E-state index in [0.29, 0.717) is 22.9 Å². The average molecular weight is 265 g/mol. The number of carbonyl (C=O) groups excluding carboxylic acids is 1. The van der Waals surface area contributed by atoms with Crippen LogP contribution in [0, 0.1) is 11.3 Å². The third-order valence-electron chi connectivity index (χ3n) is 2.83. The van der Waals surface area contributed by atoms with Crippen LogP contribution in [0.1, 0.15) is 24.8 Å². The van der Waals surface area contributed by atoms with E-state index in [9.17, 15) is 4.79 Å². The van der Waals surface area contributed by atoms with Gasteiger partial charge in [-0.15, -0.1) is 0 Å². The average Bonchev–Trinajstić information content (AvgIpc) is 2.42. The summed E-state index contributed by atoms with van der Waals surface area (Å²) < 4.78 is 5.39. The summed E-state index contributed by atoms with van der Waals surface area (Å²) in [6.07, 6.45) is 2.29. The van der Waals surface area contributed by atoms with Crippen LogP contribution in [0.3, 0.4) is 0 Å². The van der Waals surface area contributed by atoms with Gasteiger partial charge in [-0.2, -0.15) is 5.26 Å². The number of hydrogen-bond donors (Lipinski definition) is 1. The minimum absolute atomic E-state index is 0.202. The number of anilines is 1. The van der Waals surface area contributed by atoms with Crippen molar-refractivity contribution in [2.45, 2.75) is 25.4 Å². The molecule has 0 aromatic heterocycles. The molecular weight excluding hydrogens is 252 g/mol. The normalized spacial score (nSPS) is 19.0. The summed E-state index contributed by atoms with van der Waals surface area (Å²) in [5.74, 6) is -0.202. The Hall–Kier alpha value is -1.57. The van der Waals surface area contributed by atoms with Crippen LogP contribution < -0.4 is 5.32 Å². The number of carbonyl (C=O) groups is 1. The molecule has 4 nitrogen and oxygen atoms in total. The predicted octanol–water partition coefficient (Wildman–Crippen LogP) is 2.72. The van der Waals surface area contributed by atoms with Gasteiger partial charge >= 0.3 is 0 Å². The quantitative estimate of drug-likeness (QED) is 0.893. The second-order valence-corrected chi connectivity index (χ2v) is 4.56. The van der Waals surface area contributed by atoms with Gasteiger partial charge in [0.15, 0.2) is 0 Å². The number of nitrogens with one attached hydrogen (secondary N) is 1. The number of nitrogens with zero attached hydrogens (tertiary/aromatic N) is 1. The molecule has 0 spiro atoms. The highest BCUT2D eigenvalue weighted by Gasteiger charge is 2.22. The van der Waals surface area contributed by atoms with Gasteiger partial charge in [-0.05, 0) is 37.5 Å². The van der Waals surface area contributed by atoms with Gasteiger partial charge < -0.3 is 10.1 Å². The van der Waals surface area contributed by atoms with Gasteiger partial charge in [-0.3, -0.25) is 4.79 Å². The minimum Gasteiger partial charge on any atom is -0.368 e. The number of rotatable bonds is 2. The van der Waals surface area contributed by atoms with Gasteiger partial charge in [0.25, 0.3) is 5.91 Å². The molecule has 1 amide bonds. The van der Waals surface area contributed by atoms with Crippen molar-refractivity contribution in [3.8, 4) is 6.07 Å². The number of ether oxygens (including phenoxy) is 1. The lowest BCUT2D eigenvalue weighted by Gasteiger charge is -2.21. The highest BCUT2D eigenvalue weighted by molar-refractivity contribution is 6.33. The second-order valence-electron chi connectivity index (χ2n) is 4.15. The lowest BCUT2D eigenvalue weighted by molar-refractivity contribution is -0.129. The molecule has 1 N–H and O–H groups in total. The Morgan fingerprint density at radius 3 is 3.00 bits per heavy atom. The highest BCUT2D eigenvalue weighted by atomic mass is 35.5. The van der Waals surface area contributed by atoms with E-state index in [4.69, 9.17) is 21.6 Å². The maximum atomic E-state index is 11.9. The number of amides is 1. The molecule has 1 saturated heterocycles. The van der Waals surface area contributed by atoms with E-state index < -0.39 is 6.10 Å². The fourth-order valence-corrected chi connectivity index (χ4v) is 2.02. The zero-order chi connectivity index (χ0) is 13.0. The first-order valence-corrected chi connectivity index (χ1v) is 6.20. The van der Waals surface area contributed by atoms with Gasteiger partial charge in [-0.1, -0.05) is 11.6 Å². The van der Waals surface area contributed by atoms with Crippen molar-refractivity contribution in [1.82, 2.24) is 0 Å². The van der Waals surface area contributed by atoms with Crippen LogP contribution >= 0.6 is 11.6 Å². The zero-order valence-electron chi connectivity index (χ0n) is 9.78. The van der Waals surface area contributed by atoms with Crippen LogP contribution in [0.2, 0.25) is 5.02 Å². The van der Waals surface area contributed by atoms with Crippen molar-refractivity contribution in [1.29, 1.82) is 5.26 Å². The van der Waals surface area contributed by atoms with Gasteiger partial charge in [-0.25, -0.2) is 0 Å². The molecule has 1 fully saturated rings. The lowest BCUT2D eigenvalue weighted by Crippen LogP contribution is -2.33. The van der Waals surface area contributed by atoms with E-state index in [2.05, 4.69) is 5.32 Å². The molecule has 1 unspecified atom stereocenters. The number of benzene rings is 1. The fraction of sp³-hybridized carbons (Fsp3) is 0.385. The van der Waals surface area contributed by atoms with Crippen LogP contribution in [0.25, 0.3) is 0 Å². The Bertz CT molecular complexity index is 490. The molecule has 1 atom stereocenters. The Kier molecular flexibility index (Phi) is 4.19. The molecule has 1 aromatic rings. The Morgan fingerprint density at radius 1 is 1.50 bits per heavy atom. The maximum Gasteiger partial charge on any atom is 0.253 e. The summed E-state index contributed by atoms with van der Waals surface area (Å²) in [4.78, 5) is 11.9. The van der Waals surface area contributed by atoms with Crippen LogP contribution in [0.4, 0.5) is 5.69 Å². The summed E-state index contributed by atoms with van der Waals surface area (Å²) in [5.41, 5.74) is 0.911. The van der Waals surface area contributed by atoms with Crippen LogP contribution in [-0.4, -0.2) is 18.6 Å². The van der Waals surface area contributed by atoms with Crippen molar-refractivity contribution in [2.75, 3.05) is 11.9 Å². The highest BCUT2D eigenvalue weighted by Crippen LogP contribution is 2.24. The fourth-order valence-electron chi connectivity index (χ4n) is 1.85. The molecule has 18 heavy (non-hydrogen) atoms. The Morgan fingerprint density at radius 2 is 2.33 bits per heavy atom. The van der Waals surface area contributed by atoms with Crippen molar-refractivity contribution < 1.29 is 9.53 Å². The van der Waals surface area contributed by atoms with Crippen LogP contribution in [0.5, 0.6) is 0 Å². The third kappa shape index (κ3) is 3.00. The number of hydrogen-bond acceptors (Lipinski definition) is 3. The van der Waals surface area contributed by atoms with Crippen LogP contribution in [0.15, 0.2) is 18.2 Å². The third-order valence-corrected chi connectivity index (χ3v) is 3.16. The zero-order valence-corrected chi connectivity index (χ0v) is 10.5. The topological polar surface area (TPSA) is 62.1 Å². The smallest absolute Gasteiger partial charge is 0.253 e. The summed E-state index contributed by atoms with van der Waals surface area (Å²) in [7, 11) is 0. The molecule has 94 valence electrons. The summed E-state index contributed by atoms with van der Waals surface area (Å²) in [6, 6.07) is 6.77. The summed E-state index contributed by atoms with van der Waals surface area (Å²) in [5, 5.41) is 11.9. The lowest BCUT2D eigenvalue weighted by atomic mass is 10.1. The maximum absolute atomic E-state index is 11.9. The first-order chi connectivity index (χ1) is 8.70. The van der Waals surface area contributed by atoms with E-state index in [0.717, 1.165) is 19.3 Å². The molecule has 2 rings (SSSR count). The molecule has 1 aromatic carbocycles. The minimum atomic E-state index is -0.416. The van der Waals surface area contributed by atoms with Crippen LogP contribution in [-0.2, 0) is 9.53 Å². The predicted molar refractivity (Wildman–Crippen MR) is 68.4 cm³/mol. The first-order valence-electron chi connectivity index (χ1n) is 5.83. The van der Waals surface area contributed by atoms with Crippen molar-refractivity contribution in [2.24, 2.45) is 0 Å². The van der Waals surface area contributed by atoms with E-state index in [-0.39, 0.29) is 5.91 Å².